The van der Waals surface area contributed by atoms with Gasteiger partial charge in [-0.2, -0.15) is 10.1 Å². The average molecular weight is 472 g/mol. The zero-order valence-corrected chi connectivity index (χ0v) is 17.9. The molecule has 0 radical (unpaired) electrons. The Bertz CT molecular complexity index is 1300. The van der Waals surface area contributed by atoms with Gasteiger partial charge in [-0.1, -0.05) is 19.3 Å². The summed E-state index contributed by atoms with van der Waals surface area (Å²) in [6.07, 6.45) is 6.50. The number of anilines is 4. The first-order valence-corrected chi connectivity index (χ1v) is 10.8. The van der Waals surface area contributed by atoms with Crippen LogP contribution in [0.25, 0.3) is 11.0 Å². The highest BCUT2D eigenvalue weighted by Crippen LogP contribution is 2.34. The summed E-state index contributed by atoms with van der Waals surface area (Å²) in [5.74, 6) is -2.66. The zero-order chi connectivity index (χ0) is 23.7. The molecule has 11 heteroatoms. The summed E-state index contributed by atoms with van der Waals surface area (Å²) >= 11 is 0. The summed E-state index contributed by atoms with van der Waals surface area (Å²) in [6, 6.07) is 7.37. The fraction of sp³-hybridized carbons (Fsp3) is 0.261. The minimum Gasteiger partial charge on any atom is -0.333 e. The molecule has 0 unspecified atom stereocenters. The average Bonchev–Trinajstić information content (AvgIpc) is 3.20. The van der Waals surface area contributed by atoms with E-state index in [-0.39, 0.29) is 23.6 Å². The van der Waals surface area contributed by atoms with Gasteiger partial charge in [0, 0.05) is 28.5 Å². The Morgan fingerprint density at radius 1 is 0.941 bits per heavy atom. The van der Waals surface area contributed by atoms with Crippen LogP contribution in [0.4, 0.5) is 40.8 Å². The minimum absolute atomic E-state index is 0.0632. The van der Waals surface area contributed by atoms with Crippen LogP contribution < -0.4 is 15.6 Å². The lowest BCUT2D eigenvalue weighted by Crippen LogP contribution is -2.15. The molecule has 0 atom stereocenters. The molecule has 0 spiro atoms. The van der Waals surface area contributed by atoms with Crippen molar-refractivity contribution in [3.8, 4) is 5.75 Å². The van der Waals surface area contributed by atoms with E-state index in [2.05, 4.69) is 30.6 Å². The molecule has 5 rings (SSSR count). The van der Waals surface area contributed by atoms with Crippen molar-refractivity contribution in [1.29, 1.82) is 0 Å². The summed E-state index contributed by atoms with van der Waals surface area (Å²) in [6.45, 7) is 0. The Kier molecular flexibility index (Phi) is 5.91. The molecule has 0 amide bonds. The first kappa shape index (κ1) is 21.9. The van der Waals surface area contributed by atoms with Crippen LogP contribution in [0, 0.1) is 17.5 Å². The van der Waals surface area contributed by atoms with Crippen molar-refractivity contribution in [3.63, 3.8) is 0 Å². The smallest absolute Gasteiger partial charge is 0.229 e. The van der Waals surface area contributed by atoms with Crippen LogP contribution in [0.15, 0.2) is 42.6 Å². The van der Waals surface area contributed by atoms with Gasteiger partial charge in [-0.05, 0) is 37.1 Å². The number of halogens is 4. The van der Waals surface area contributed by atoms with Crippen molar-refractivity contribution in [3.05, 3.63) is 60.0 Å². The van der Waals surface area contributed by atoms with Crippen LogP contribution in [0.5, 0.6) is 5.75 Å². The molecular formula is C23H20F4N6O. The van der Waals surface area contributed by atoms with Crippen LogP contribution in [0.2, 0.25) is 0 Å². The van der Waals surface area contributed by atoms with Gasteiger partial charge in [0.05, 0.1) is 11.4 Å². The van der Waals surface area contributed by atoms with Gasteiger partial charge in [0.25, 0.3) is 0 Å². The van der Waals surface area contributed by atoms with Gasteiger partial charge >= 0.3 is 0 Å². The van der Waals surface area contributed by atoms with Crippen molar-refractivity contribution in [2.45, 2.75) is 38.1 Å². The van der Waals surface area contributed by atoms with Gasteiger partial charge in [-0.3, -0.25) is 4.94 Å². The van der Waals surface area contributed by atoms with Crippen LogP contribution in [-0.4, -0.2) is 19.7 Å². The van der Waals surface area contributed by atoms with Crippen LogP contribution in [0.1, 0.15) is 38.1 Å². The van der Waals surface area contributed by atoms with E-state index in [0.717, 1.165) is 32.1 Å². The SMILES string of the molecule is FOc1ccc(Nc2ncc3c(Nc4c(F)cc(F)cc4F)nn(C4CCCCC4)c3n2)cc1. The second-order valence-corrected chi connectivity index (χ2v) is 8.11. The maximum Gasteiger partial charge on any atom is 0.229 e. The molecule has 0 aliphatic heterocycles. The van der Waals surface area contributed by atoms with Gasteiger partial charge in [-0.15, -0.1) is 0 Å². The molecule has 1 aliphatic carbocycles. The number of benzene rings is 2. The van der Waals surface area contributed by atoms with Crippen LogP contribution in [0.3, 0.4) is 0 Å². The molecule has 0 bridgehead atoms. The molecule has 34 heavy (non-hydrogen) atoms. The van der Waals surface area contributed by atoms with Gasteiger partial charge in [-0.25, -0.2) is 22.8 Å². The van der Waals surface area contributed by atoms with E-state index in [1.54, 1.807) is 16.8 Å². The van der Waals surface area contributed by atoms with Gasteiger partial charge in [0.15, 0.2) is 28.8 Å². The monoisotopic (exact) mass is 472 g/mol. The summed E-state index contributed by atoms with van der Waals surface area (Å²) < 4.78 is 55.9. The van der Waals surface area contributed by atoms with Gasteiger partial charge < -0.3 is 10.6 Å². The number of hydrogen-bond acceptors (Lipinski definition) is 6. The Hall–Kier alpha value is -3.89. The summed E-state index contributed by atoms with van der Waals surface area (Å²) in [5, 5.41) is 10.7. The molecule has 7 nitrogen and oxygen atoms in total. The van der Waals surface area contributed by atoms with Crippen LogP contribution in [-0.2, 0) is 0 Å². The highest BCUT2D eigenvalue weighted by Gasteiger charge is 2.23. The molecule has 2 aromatic carbocycles. The fourth-order valence-corrected chi connectivity index (χ4v) is 4.16. The predicted molar refractivity (Wildman–Crippen MR) is 119 cm³/mol. The van der Waals surface area contributed by atoms with Crippen molar-refractivity contribution < 1.29 is 22.6 Å². The maximum atomic E-state index is 14.3. The lowest BCUT2D eigenvalue weighted by Gasteiger charge is -2.22. The molecule has 176 valence electrons. The predicted octanol–water partition coefficient (Wildman–Crippen LogP) is 6.50. The van der Waals surface area contributed by atoms with E-state index in [0.29, 0.717) is 28.9 Å². The standard InChI is InChI=1S/C23H20F4N6O/c24-13-10-18(25)20(19(26)11-13)30-21-17-12-28-23(29-14-6-8-16(34-27)9-7-14)31-22(17)33(32-21)15-4-2-1-3-5-15/h6-12,15H,1-5H2,(H,30,32)(H,28,29,31). The number of aromatic nitrogens is 4. The molecule has 2 aromatic heterocycles. The van der Waals surface area contributed by atoms with E-state index in [9.17, 15) is 17.7 Å². The van der Waals surface area contributed by atoms with E-state index in [1.165, 1.54) is 18.3 Å². The Labute approximate surface area is 191 Å². The minimum atomic E-state index is -1.07. The zero-order valence-electron chi connectivity index (χ0n) is 17.9. The van der Waals surface area contributed by atoms with Crippen LogP contribution >= 0.6 is 0 Å². The lowest BCUT2D eigenvalue weighted by molar-refractivity contribution is -0.00618. The Balaban J connectivity index is 1.54. The molecule has 1 aliphatic rings. The summed E-state index contributed by atoms with van der Waals surface area (Å²) in [4.78, 5) is 12.6. The third-order valence-electron chi connectivity index (χ3n) is 5.82. The highest BCUT2D eigenvalue weighted by atomic mass is 19.3. The molecule has 1 fully saturated rings. The largest absolute Gasteiger partial charge is 0.333 e. The van der Waals surface area contributed by atoms with Gasteiger partial charge in [0.1, 0.15) is 11.5 Å². The molecule has 4 aromatic rings. The quantitative estimate of drug-likeness (QED) is 0.312. The number of nitrogens with zero attached hydrogens (tertiary/aromatic N) is 4. The third-order valence-corrected chi connectivity index (χ3v) is 5.82. The van der Waals surface area contributed by atoms with Crippen molar-refractivity contribution >= 4 is 34.2 Å². The van der Waals surface area contributed by atoms with Gasteiger partial charge in [0.2, 0.25) is 5.95 Å². The van der Waals surface area contributed by atoms with Crippen molar-refractivity contribution in [1.82, 2.24) is 19.7 Å². The van der Waals surface area contributed by atoms with E-state index < -0.39 is 23.1 Å². The molecule has 2 N–H and O–H groups in total. The second kappa shape index (κ2) is 9.16. The number of hydrogen-bond donors (Lipinski definition) is 2. The number of fused-ring (bicyclic) bond motifs is 1. The fourth-order valence-electron chi connectivity index (χ4n) is 4.16. The highest BCUT2D eigenvalue weighted by molar-refractivity contribution is 5.90. The van der Waals surface area contributed by atoms with E-state index in [1.807, 2.05) is 0 Å². The van der Waals surface area contributed by atoms with E-state index in [4.69, 9.17) is 0 Å². The number of nitrogens with one attached hydrogen (secondary N) is 2. The Morgan fingerprint density at radius 3 is 2.32 bits per heavy atom. The molecule has 1 saturated carbocycles. The summed E-state index contributed by atoms with van der Waals surface area (Å²) in [7, 11) is 0. The maximum absolute atomic E-state index is 14.3. The molecular weight excluding hydrogens is 452 g/mol. The topological polar surface area (TPSA) is 76.9 Å². The number of rotatable bonds is 6. The van der Waals surface area contributed by atoms with E-state index >= 15 is 0 Å². The molecule has 2 heterocycles. The van der Waals surface area contributed by atoms with Crippen molar-refractivity contribution in [2.24, 2.45) is 0 Å². The second-order valence-electron chi connectivity index (χ2n) is 8.11. The third kappa shape index (κ3) is 4.33. The first-order valence-electron chi connectivity index (χ1n) is 10.8. The first-order chi connectivity index (χ1) is 16.5. The summed E-state index contributed by atoms with van der Waals surface area (Å²) in [5.41, 5.74) is 0.588. The Morgan fingerprint density at radius 2 is 1.65 bits per heavy atom. The normalized spacial score (nSPS) is 14.4. The lowest BCUT2D eigenvalue weighted by atomic mass is 9.96. The van der Waals surface area contributed by atoms with Crippen molar-refractivity contribution in [2.75, 3.05) is 10.6 Å². The molecule has 0 saturated heterocycles.